The third kappa shape index (κ3) is 3.52. The van der Waals surface area contributed by atoms with Crippen LogP contribution < -0.4 is 10.0 Å². The Morgan fingerprint density at radius 1 is 1.14 bits per heavy atom. The highest BCUT2D eigenvalue weighted by molar-refractivity contribution is 7.92. The number of hydrogen-bond acceptors (Lipinski definition) is 4. The van der Waals surface area contributed by atoms with Gasteiger partial charge in [-0.2, -0.15) is 5.26 Å². The standard InChI is InChI=1S/C15H15N3O2S/c1-2-17-14-8-3-4-9-15(14)21(19,20)18-13-7-5-6-12(10-13)11-16/h3-10,17-18H,2H2,1H3. The average molecular weight is 301 g/mol. The van der Waals surface area contributed by atoms with Gasteiger partial charge in [-0.1, -0.05) is 18.2 Å². The van der Waals surface area contributed by atoms with Crippen LogP contribution in [0.25, 0.3) is 0 Å². The van der Waals surface area contributed by atoms with Crippen LogP contribution >= 0.6 is 0 Å². The van der Waals surface area contributed by atoms with Gasteiger partial charge in [0.2, 0.25) is 0 Å². The molecule has 0 saturated heterocycles. The largest absolute Gasteiger partial charge is 0.384 e. The Morgan fingerprint density at radius 2 is 1.90 bits per heavy atom. The fourth-order valence-electron chi connectivity index (χ4n) is 1.90. The van der Waals surface area contributed by atoms with E-state index in [0.717, 1.165) is 0 Å². The van der Waals surface area contributed by atoms with Crippen LogP contribution in [0.5, 0.6) is 0 Å². The van der Waals surface area contributed by atoms with Crippen molar-refractivity contribution in [3.8, 4) is 6.07 Å². The summed E-state index contributed by atoms with van der Waals surface area (Å²) in [5.41, 5.74) is 1.31. The van der Waals surface area contributed by atoms with Crippen molar-refractivity contribution in [1.82, 2.24) is 0 Å². The first kappa shape index (κ1) is 14.9. The van der Waals surface area contributed by atoms with Crippen molar-refractivity contribution in [3.05, 3.63) is 54.1 Å². The summed E-state index contributed by atoms with van der Waals surface area (Å²) in [5.74, 6) is 0. The molecule has 0 radical (unpaired) electrons. The lowest BCUT2D eigenvalue weighted by Gasteiger charge is -2.13. The first-order valence-corrected chi connectivity index (χ1v) is 7.91. The topological polar surface area (TPSA) is 82.0 Å². The lowest BCUT2D eigenvalue weighted by atomic mass is 10.2. The molecule has 0 unspecified atom stereocenters. The van der Waals surface area contributed by atoms with Crippen molar-refractivity contribution in [1.29, 1.82) is 5.26 Å². The van der Waals surface area contributed by atoms with E-state index in [1.807, 2.05) is 13.0 Å². The van der Waals surface area contributed by atoms with Crippen molar-refractivity contribution in [2.75, 3.05) is 16.6 Å². The normalized spacial score (nSPS) is 10.7. The summed E-state index contributed by atoms with van der Waals surface area (Å²) in [6.07, 6.45) is 0. The minimum atomic E-state index is -3.71. The molecule has 108 valence electrons. The van der Waals surface area contributed by atoms with E-state index in [1.54, 1.807) is 36.4 Å². The molecule has 0 aliphatic rings. The van der Waals surface area contributed by atoms with Gasteiger partial charge in [-0.25, -0.2) is 8.42 Å². The average Bonchev–Trinajstić information content (AvgIpc) is 2.48. The zero-order chi connectivity index (χ0) is 15.3. The van der Waals surface area contributed by atoms with Crippen LogP contribution in [0.4, 0.5) is 11.4 Å². The van der Waals surface area contributed by atoms with Crippen LogP contribution in [-0.2, 0) is 10.0 Å². The van der Waals surface area contributed by atoms with E-state index < -0.39 is 10.0 Å². The van der Waals surface area contributed by atoms with Crippen molar-refractivity contribution < 1.29 is 8.42 Å². The van der Waals surface area contributed by atoms with Crippen LogP contribution in [-0.4, -0.2) is 15.0 Å². The monoisotopic (exact) mass is 301 g/mol. The van der Waals surface area contributed by atoms with Crippen molar-refractivity contribution in [2.24, 2.45) is 0 Å². The predicted molar refractivity (Wildman–Crippen MR) is 82.6 cm³/mol. The van der Waals surface area contributed by atoms with E-state index in [-0.39, 0.29) is 4.90 Å². The fourth-order valence-corrected chi connectivity index (χ4v) is 3.13. The first-order chi connectivity index (χ1) is 10.1. The van der Waals surface area contributed by atoms with Crippen molar-refractivity contribution in [2.45, 2.75) is 11.8 Å². The lowest BCUT2D eigenvalue weighted by molar-refractivity contribution is 0.601. The van der Waals surface area contributed by atoms with E-state index in [0.29, 0.717) is 23.5 Å². The highest BCUT2D eigenvalue weighted by Gasteiger charge is 2.18. The summed E-state index contributed by atoms with van der Waals surface area (Å²) >= 11 is 0. The summed E-state index contributed by atoms with van der Waals surface area (Å²) in [4.78, 5) is 0.175. The van der Waals surface area contributed by atoms with Gasteiger partial charge in [0.15, 0.2) is 0 Å². The third-order valence-electron chi connectivity index (χ3n) is 2.79. The summed E-state index contributed by atoms with van der Waals surface area (Å²) < 4.78 is 27.4. The van der Waals surface area contributed by atoms with Gasteiger partial charge in [0.25, 0.3) is 10.0 Å². The fraction of sp³-hybridized carbons (Fsp3) is 0.133. The van der Waals surface area contributed by atoms with E-state index >= 15 is 0 Å². The molecule has 2 rings (SSSR count). The molecule has 0 atom stereocenters. The van der Waals surface area contributed by atoms with Gasteiger partial charge in [0, 0.05) is 6.54 Å². The second kappa shape index (κ2) is 6.29. The number of nitrogens with one attached hydrogen (secondary N) is 2. The summed E-state index contributed by atoms with van der Waals surface area (Å²) in [5, 5.41) is 11.9. The second-order valence-corrected chi connectivity index (χ2v) is 5.98. The number of para-hydroxylation sites is 1. The van der Waals surface area contributed by atoms with E-state index in [4.69, 9.17) is 5.26 Å². The molecule has 0 aliphatic heterocycles. The molecule has 6 heteroatoms. The Morgan fingerprint density at radius 3 is 2.62 bits per heavy atom. The van der Waals surface area contributed by atoms with Crippen molar-refractivity contribution >= 4 is 21.4 Å². The maximum atomic E-state index is 12.5. The van der Waals surface area contributed by atoms with Crippen LogP contribution in [0.2, 0.25) is 0 Å². The summed E-state index contributed by atoms with van der Waals surface area (Å²) in [6.45, 7) is 2.52. The molecule has 0 aliphatic carbocycles. The van der Waals surface area contributed by atoms with Crippen LogP contribution in [0, 0.1) is 11.3 Å². The number of hydrogen-bond donors (Lipinski definition) is 2. The van der Waals surface area contributed by atoms with Crippen LogP contribution in [0.1, 0.15) is 12.5 Å². The van der Waals surface area contributed by atoms with Gasteiger partial charge in [-0.05, 0) is 37.3 Å². The Balaban J connectivity index is 2.37. The molecule has 0 saturated carbocycles. The molecular weight excluding hydrogens is 286 g/mol. The quantitative estimate of drug-likeness (QED) is 0.889. The zero-order valence-corrected chi connectivity index (χ0v) is 12.3. The maximum absolute atomic E-state index is 12.5. The third-order valence-corrected chi connectivity index (χ3v) is 4.23. The van der Waals surface area contributed by atoms with Gasteiger partial charge < -0.3 is 5.32 Å². The van der Waals surface area contributed by atoms with Crippen molar-refractivity contribution in [3.63, 3.8) is 0 Å². The lowest BCUT2D eigenvalue weighted by Crippen LogP contribution is -2.15. The number of anilines is 2. The van der Waals surface area contributed by atoms with Gasteiger partial charge >= 0.3 is 0 Å². The molecule has 0 amide bonds. The van der Waals surface area contributed by atoms with Gasteiger partial charge in [0.05, 0.1) is 23.0 Å². The number of nitriles is 1. The van der Waals surface area contributed by atoms with Gasteiger partial charge in [0.1, 0.15) is 4.90 Å². The smallest absolute Gasteiger partial charge is 0.263 e. The molecule has 5 nitrogen and oxygen atoms in total. The maximum Gasteiger partial charge on any atom is 0.263 e. The number of benzene rings is 2. The van der Waals surface area contributed by atoms with Gasteiger partial charge in [-0.15, -0.1) is 0 Å². The Kier molecular flexibility index (Phi) is 4.45. The minimum Gasteiger partial charge on any atom is -0.384 e. The SMILES string of the molecule is CCNc1ccccc1S(=O)(=O)Nc1cccc(C#N)c1. The molecule has 0 bridgehead atoms. The zero-order valence-electron chi connectivity index (χ0n) is 11.5. The van der Waals surface area contributed by atoms with Crippen LogP contribution in [0.15, 0.2) is 53.4 Å². The summed E-state index contributed by atoms with van der Waals surface area (Å²) in [7, 11) is -3.71. The second-order valence-electron chi connectivity index (χ2n) is 4.32. The molecule has 2 N–H and O–H groups in total. The molecule has 0 fully saturated rings. The Bertz CT molecular complexity index is 780. The number of rotatable bonds is 5. The van der Waals surface area contributed by atoms with E-state index in [1.165, 1.54) is 12.1 Å². The Hall–Kier alpha value is -2.52. The molecule has 0 spiro atoms. The molecule has 0 heterocycles. The van der Waals surface area contributed by atoms with Crippen LogP contribution in [0.3, 0.4) is 0 Å². The minimum absolute atomic E-state index is 0.175. The predicted octanol–water partition coefficient (Wildman–Crippen LogP) is 2.79. The molecule has 0 aromatic heterocycles. The highest BCUT2D eigenvalue weighted by atomic mass is 32.2. The Labute approximate surface area is 124 Å². The molecule has 2 aromatic carbocycles. The number of nitrogens with zero attached hydrogens (tertiary/aromatic N) is 1. The molecular formula is C15H15N3O2S. The summed E-state index contributed by atoms with van der Waals surface area (Å²) in [6, 6.07) is 15.0. The molecule has 2 aromatic rings. The number of sulfonamides is 1. The highest BCUT2D eigenvalue weighted by Crippen LogP contribution is 2.23. The van der Waals surface area contributed by atoms with Gasteiger partial charge in [-0.3, -0.25) is 4.72 Å². The molecule has 21 heavy (non-hydrogen) atoms. The first-order valence-electron chi connectivity index (χ1n) is 6.42. The van der Waals surface area contributed by atoms with E-state index in [2.05, 4.69) is 10.0 Å². The van der Waals surface area contributed by atoms with E-state index in [9.17, 15) is 8.42 Å².